The summed E-state index contributed by atoms with van der Waals surface area (Å²) in [7, 11) is 0. The molecule has 0 spiro atoms. The van der Waals surface area contributed by atoms with Crippen LogP contribution >= 0.6 is 15.9 Å². The van der Waals surface area contributed by atoms with Gasteiger partial charge >= 0.3 is 0 Å². The Morgan fingerprint density at radius 1 is 0.950 bits per heavy atom. The van der Waals surface area contributed by atoms with Crippen LogP contribution in [-0.2, 0) is 6.42 Å². The molecule has 1 nitrogen and oxygen atoms in total. The Hall–Kier alpha value is -1.12. The lowest BCUT2D eigenvalue weighted by Crippen LogP contribution is -2.15. The number of rotatable bonds is 3. The quantitative estimate of drug-likeness (QED) is 0.848. The zero-order valence-electron chi connectivity index (χ0n) is 12.6. The van der Waals surface area contributed by atoms with Gasteiger partial charge in [-0.2, -0.15) is 0 Å². The van der Waals surface area contributed by atoms with Gasteiger partial charge in [0.25, 0.3) is 0 Å². The maximum absolute atomic E-state index is 6.44. The lowest BCUT2D eigenvalue weighted by Gasteiger charge is -2.18. The number of hydrogen-bond donors (Lipinski definition) is 1. The van der Waals surface area contributed by atoms with Crippen LogP contribution in [0.5, 0.6) is 0 Å². The highest BCUT2D eigenvalue weighted by Gasteiger charge is 2.14. The molecule has 0 saturated heterocycles. The SMILES string of the molecule is Cc1cc(C)c(CC(N)c2cc(C)ccc2Br)c(C)c1. The van der Waals surface area contributed by atoms with Gasteiger partial charge in [0.05, 0.1) is 0 Å². The van der Waals surface area contributed by atoms with Crippen molar-refractivity contribution in [3.8, 4) is 0 Å². The summed E-state index contributed by atoms with van der Waals surface area (Å²) in [5.41, 5.74) is 14.2. The minimum absolute atomic E-state index is 0.0179. The lowest BCUT2D eigenvalue weighted by atomic mass is 9.92. The fourth-order valence-electron chi connectivity index (χ4n) is 2.81. The van der Waals surface area contributed by atoms with Crippen molar-refractivity contribution in [3.05, 3.63) is 68.2 Å². The molecule has 0 fully saturated rings. The number of halogens is 1. The average molecular weight is 332 g/mol. The highest BCUT2D eigenvalue weighted by Crippen LogP contribution is 2.28. The molecule has 0 amide bonds. The molecule has 2 aromatic rings. The van der Waals surface area contributed by atoms with Crippen LogP contribution in [0.2, 0.25) is 0 Å². The summed E-state index contributed by atoms with van der Waals surface area (Å²) in [6, 6.07) is 10.8. The van der Waals surface area contributed by atoms with Crippen molar-refractivity contribution in [2.45, 2.75) is 40.2 Å². The standard InChI is InChI=1S/C18H22BrN/c1-11-5-6-17(19)16(9-11)18(20)10-15-13(3)7-12(2)8-14(15)4/h5-9,18H,10,20H2,1-4H3. The van der Waals surface area contributed by atoms with Gasteiger partial charge in [0.1, 0.15) is 0 Å². The number of aryl methyl sites for hydroxylation is 4. The predicted molar refractivity (Wildman–Crippen MR) is 90.2 cm³/mol. The maximum atomic E-state index is 6.44. The number of hydrogen-bond acceptors (Lipinski definition) is 1. The van der Waals surface area contributed by atoms with Crippen LogP contribution in [0.1, 0.15) is 39.4 Å². The molecule has 2 heteroatoms. The molecule has 0 heterocycles. The summed E-state index contributed by atoms with van der Waals surface area (Å²) in [5.74, 6) is 0. The van der Waals surface area contributed by atoms with Crippen molar-refractivity contribution in [2.75, 3.05) is 0 Å². The Morgan fingerprint density at radius 2 is 1.55 bits per heavy atom. The molecule has 1 unspecified atom stereocenters. The minimum atomic E-state index is 0.0179. The Bertz CT molecular complexity index is 608. The molecule has 0 radical (unpaired) electrons. The molecule has 0 aliphatic heterocycles. The van der Waals surface area contributed by atoms with E-state index in [4.69, 9.17) is 5.73 Å². The lowest BCUT2D eigenvalue weighted by molar-refractivity contribution is 0.711. The van der Waals surface area contributed by atoms with Crippen LogP contribution in [0.25, 0.3) is 0 Å². The molecule has 0 aliphatic rings. The van der Waals surface area contributed by atoms with E-state index < -0.39 is 0 Å². The number of nitrogens with two attached hydrogens (primary N) is 1. The second-order valence-electron chi connectivity index (χ2n) is 5.71. The van der Waals surface area contributed by atoms with Crippen molar-refractivity contribution in [3.63, 3.8) is 0 Å². The molecular weight excluding hydrogens is 310 g/mol. The normalized spacial score (nSPS) is 12.5. The monoisotopic (exact) mass is 331 g/mol. The van der Waals surface area contributed by atoms with E-state index in [-0.39, 0.29) is 6.04 Å². The first-order valence-corrected chi connectivity index (χ1v) is 7.76. The average Bonchev–Trinajstić information content (AvgIpc) is 2.36. The molecule has 0 aromatic heterocycles. The first-order chi connectivity index (χ1) is 9.38. The number of benzene rings is 2. The van der Waals surface area contributed by atoms with Crippen LogP contribution in [-0.4, -0.2) is 0 Å². The minimum Gasteiger partial charge on any atom is -0.324 e. The third-order valence-corrected chi connectivity index (χ3v) is 4.54. The van der Waals surface area contributed by atoms with Crippen LogP contribution in [0.4, 0.5) is 0 Å². The predicted octanol–water partition coefficient (Wildman–Crippen LogP) is 4.93. The van der Waals surface area contributed by atoms with Gasteiger partial charge in [-0.15, -0.1) is 0 Å². The van der Waals surface area contributed by atoms with Crippen LogP contribution in [0.3, 0.4) is 0 Å². The molecule has 106 valence electrons. The zero-order chi connectivity index (χ0) is 14.9. The molecule has 20 heavy (non-hydrogen) atoms. The molecule has 2 rings (SSSR count). The third kappa shape index (κ3) is 3.31. The van der Waals surface area contributed by atoms with E-state index >= 15 is 0 Å². The van der Waals surface area contributed by atoms with Gasteiger partial charge in [0.2, 0.25) is 0 Å². The van der Waals surface area contributed by atoms with E-state index in [1.165, 1.54) is 33.4 Å². The fraction of sp³-hybridized carbons (Fsp3) is 0.333. The fourth-order valence-corrected chi connectivity index (χ4v) is 3.35. The van der Waals surface area contributed by atoms with Gasteiger partial charge in [-0.3, -0.25) is 0 Å². The van der Waals surface area contributed by atoms with Crippen molar-refractivity contribution < 1.29 is 0 Å². The molecule has 0 aliphatic carbocycles. The van der Waals surface area contributed by atoms with Gasteiger partial charge in [0, 0.05) is 10.5 Å². The van der Waals surface area contributed by atoms with Gasteiger partial charge in [0.15, 0.2) is 0 Å². The maximum Gasteiger partial charge on any atom is 0.0347 e. The van der Waals surface area contributed by atoms with E-state index in [2.05, 4.69) is 74.0 Å². The third-order valence-electron chi connectivity index (χ3n) is 3.82. The van der Waals surface area contributed by atoms with Gasteiger partial charge in [-0.25, -0.2) is 0 Å². The van der Waals surface area contributed by atoms with E-state index in [0.717, 1.165) is 10.9 Å². The summed E-state index contributed by atoms with van der Waals surface area (Å²) in [5, 5.41) is 0. The van der Waals surface area contributed by atoms with Crippen LogP contribution in [0, 0.1) is 27.7 Å². The summed E-state index contributed by atoms with van der Waals surface area (Å²) in [4.78, 5) is 0. The molecular formula is C18H22BrN. The topological polar surface area (TPSA) is 26.0 Å². The second-order valence-corrected chi connectivity index (χ2v) is 6.57. The smallest absolute Gasteiger partial charge is 0.0347 e. The molecule has 2 N–H and O–H groups in total. The molecule has 0 bridgehead atoms. The first kappa shape index (κ1) is 15.3. The van der Waals surface area contributed by atoms with Gasteiger partial charge < -0.3 is 5.73 Å². The van der Waals surface area contributed by atoms with E-state index in [1.807, 2.05) is 0 Å². The van der Waals surface area contributed by atoms with Crippen LogP contribution in [0.15, 0.2) is 34.8 Å². The summed E-state index contributed by atoms with van der Waals surface area (Å²) in [6.07, 6.45) is 0.875. The summed E-state index contributed by atoms with van der Waals surface area (Å²) < 4.78 is 1.10. The Morgan fingerprint density at radius 3 is 2.15 bits per heavy atom. The highest BCUT2D eigenvalue weighted by atomic mass is 79.9. The van der Waals surface area contributed by atoms with Crippen molar-refractivity contribution in [2.24, 2.45) is 5.73 Å². The summed E-state index contributed by atoms with van der Waals surface area (Å²) >= 11 is 3.61. The Kier molecular flexibility index (Phi) is 4.66. The van der Waals surface area contributed by atoms with Crippen molar-refractivity contribution in [1.82, 2.24) is 0 Å². The zero-order valence-corrected chi connectivity index (χ0v) is 14.2. The summed E-state index contributed by atoms with van der Waals surface area (Å²) in [6.45, 7) is 8.59. The highest BCUT2D eigenvalue weighted by molar-refractivity contribution is 9.10. The van der Waals surface area contributed by atoms with E-state index in [9.17, 15) is 0 Å². The van der Waals surface area contributed by atoms with Gasteiger partial charge in [-0.05, 0) is 62.4 Å². The van der Waals surface area contributed by atoms with Crippen LogP contribution < -0.4 is 5.73 Å². The van der Waals surface area contributed by atoms with Gasteiger partial charge in [-0.1, -0.05) is 51.3 Å². The van der Waals surface area contributed by atoms with E-state index in [0.29, 0.717) is 0 Å². The molecule has 0 saturated carbocycles. The van der Waals surface area contributed by atoms with E-state index in [1.54, 1.807) is 0 Å². The molecule has 2 aromatic carbocycles. The van der Waals surface area contributed by atoms with Crippen molar-refractivity contribution in [1.29, 1.82) is 0 Å². The second kappa shape index (κ2) is 6.11. The van der Waals surface area contributed by atoms with Crippen molar-refractivity contribution >= 4 is 15.9 Å². The Labute approximate surface area is 130 Å². The largest absolute Gasteiger partial charge is 0.324 e. The first-order valence-electron chi connectivity index (χ1n) is 6.97. The Balaban J connectivity index is 2.32. The molecule has 1 atom stereocenters.